The number of amides is 8. The topological polar surface area (TPSA) is 481 Å². The van der Waals surface area contributed by atoms with E-state index in [1.165, 1.54) is 27.4 Å². The number of primary amides is 1. The molecule has 0 saturated carbocycles. The predicted molar refractivity (Wildman–Crippen MR) is 458 cm³/mol. The average Bonchev–Trinajstić information content (AvgIpc) is 1.66. The van der Waals surface area contributed by atoms with Crippen LogP contribution in [0, 0.1) is 77.7 Å². The lowest BCUT2D eigenvalue weighted by Gasteiger charge is -2.21. The molecule has 7 aromatic rings. The van der Waals surface area contributed by atoms with E-state index in [2.05, 4.69) is 85.3 Å². The zero-order chi connectivity index (χ0) is 90.2. The van der Waals surface area contributed by atoms with Crippen LogP contribution in [0.3, 0.4) is 0 Å². The van der Waals surface area contributed by atoms with E-state index in [1.807, 2.05) is 168 Å². The third-order valence-corrected chi connectivity index (χ3v) is 14.9. The third kappa shape index (κ3) is 43.7. The molecular weight excluding hydrogens is 1580 g/mol. The lowest BCUT2D eigenvalue weighted by atomic mass is 10.2. The standard InChI is InChI=1S/C15H19N5O2.C15H17N5O.C15H23N3O3.C11H16N2O.C10H12BrNO.C7H8N2O.C5H12N2O2.C2H3ClO.CH3F/c1-8-4-6-11(7-5-8)18-15(22)10(3)20-13(16)12(14(17)21)9(2)19-20;1-9-5-7-12(8-6-9)18-15(21)11(3)20-14(16)13(17-4)10(2)19-20;1-10-6-8-12(9-7-10)16-13(19)11(2)17-18-14(20)21-15(3,4)5;1-8-4-6-10(7-5-8)13-11(14)9(2)12-3;1-7-3-5-9(6-4-7)12-10(13)8(2)11;1-3-10-6(2)7(4-8)5-9;1-5(2,3)9-4(8)7-6;1-2(3)4;1-2/h4-7,10H,16H2,1-3H3,(H2,17,21)(H,18,22);5-8,11H,16H2,1-3H3,(H,18,21);6-9,11,17H,1-5H3,(H,16,19)(H,18,20);4-7,9,12H,1-3H3,(H,13,14);3-6,8H,1-2H3,(H,12,13);3H2,1-2H3;6H2,1-3H3,(H,7,8);1H3;1H3/i;;;;;;;;1D. The predicted octanol–water partition coefficient (Wildman–Crippen LogP) is 13.9. The number of carbonyl (C=O) groups is 9. The molecule has 0 saturated heterocycles. The van der Waals surface area contributed by atoms with Gasteiger partial charge in [0.15, 0.2) is 5.57 Å². The first-order valence-corrected chi connectivity index (χ1v) is 36.9. The summed E-state index contributed by atoms with van der Waals surface area (Å²) < 4.78 is 32.9. The molecular formula is C81H113BrClFN20O12. The van der Waals surface area contributed by atoms with Gasteiger partial charge in [0.1, 0.15) is 64.4 Å². The number of nitrogen functional groups attached to an aromatic ring is 2. The minimum absolute atomic E-state index is 0.0173. The van der Waals surface area contributed by atoms with Gasteiger partial charge in [-0.1, -0.05) is 104 Å². The van der Waals surface area contributed by atoms with E-state index < -0.39 is 54.6 Å². The number of likely N-dealkylation sites (N-methyl/N-ethyl adjacent to an activating group) is 1. The third-order valence-electron chi connectivity index (χ3n) is 14.5. The molecule has 0 bridgehead atoms. The second-order valence-corrected chi connectivity index (χ2v) is 28.9. The van der Waals surface area contributed by atoms with Crippen molar-refractivity contribution in [3.05, 3.63) is 189 Å². The molecule has 0 radical (unpaired) electrons. The van der Waals surface area contributed by atoms with Gasteiger partial charge in [0.05, 0.1) is 44.0 Å². The number of nitriles is 2. The highest BCUT2D eigenvalue weighted by Gasteiger charge is 2.26. The van der Waals surface area contributed by atoms with E-state index in [0.717, 1.165) is 28.1 Å². The van der Waals surface area contributed by atoms with Crippen molar-refractivity contribution in [1.29, 1.82) is 10.5 Å². The highest BCUT2D eigenvalue weighted by Crippen LogP contribution is 2.29. The van der Waals surface area contributed by atoms with Crippen molar-refractivity contribution in [1.82, 2.24) is 41.2 Å². The van der Waals surface area contributed by atoms with Gasteiger partial charge < -0.3 is 63.3 Å². The number of alkyl halides is 2. The lowest BCUT2D eigenvalue weighted by molar-refractivity contribution is -0.119. The van der Waals surface area contributed by atoms with Crippen LogP contribution in [-0.2, 0) is 43.0 Å². The number of anilines is 7. The number of hydrogen-bond donors (Lipinski definition) is 13. The van der Waals surface area contributed by atoms with Crippen LogP contribution in [-0.4, -0.2) is 121 Å². The van der Waals surface area contributed by atoms with Crippen molar-refractivity contribution in [2.75, 3.05) is 58.9 Å². The number of nitrogens with zero attached hydrogens (tertiary/aromatic N) is 7. The van der Waals surface area contributed by atoms with Gasteiger partial charge in [-0.15, -0.1) is 0 Å². The number of rotatable bonds is 18. The van der Waals surface area contributed by atoms with Gasteiger partial charge in [-0.05, 0) is 218 Å². The Bertz CT molecular complexity index is 4460. The Balaban J connectivity index is 0. The second kappa shape index (κ2) is 54.5. The van der Waals surface area contributed by atoms with Gasteiger partial charge in [-0.3, -0.25) is 48.8 Å². The number of allylic oxidation sites excluding steroid dienone is 2. The van der Waals surface area contributed by atoms with Crippen LogP contribution in [0.4, 0.5) is 59.7 Å². The minimum atomic E-state index is -1.00. The van der Waals surface area contributed by atoms with Gasteiger partial charge in [0, 0.05) is 35.4 Å². The Labute approximate surface area is 694 Å². The van der Waals surface area contributed by atoms with Gasteiger partial charge in [-0.25, -0.2) is 35.1 Å². The molecule has 17 N–H and O–H groups in total. The Hall–Kier alpha value is -12.3. The van der Waals surface area contributed by atoms with Gasteiger partial charge in [0.2, 0.25) is 40.5 Å². The summed E-state index contributed by atoms with van der Waals surface area (Å²) in [6.45, 7) is 44.7. The summed E-state index contributed by atoms with van der Waals surface area (Å²) >= 11 is 7.84. The van der Waals surface area contributed by atoms with Crippen LogP contribution in [0.5, 0.6) is 0 Å². The van der Waals surface area contributed by atoms with E-state index >= 15 is 0 Å². The van der Waals surface area contributed by atoms with Crippen molar-refractivity contribution in [2.24, 2.45) is 11.6 Å². The zero-order valence-electron chi connectivity index (χ0n) is 70.8. The summed E-state index contributed by atoms with van der Waals surface area (Å²) in [4.78, 5) is 105. The van der Waals surface area contributed by atoms with E-state index in [4.69, 9.17) is 55.7 Å². The molecule has 116 heavy (non-hydrogen) atoms. The first kappa shape index (κ1) is 104. The second-order valence-electron chi connectivity index (χ2n) is 27.0. The molecule has 0 aliphatic rings. The number of nitrogens with one attached hydrogen (secondary N) is 9. The van der Waals surface area contributed by atoms with E-state index in [-0.39, 0.29) is 68.4 Å². The fourth-order valence-corrected chi connectivity index (χ4v) is 8.36. The number of nitrogens with two attached hydrogens (primary N) is 4. The van der Waals surface area contributed by atoms with E-state index in [1.54, 1.807) is 116 Å². The molecule has 32 nitrogen and oxygen atoms in total. The summed E-state index contributed by atoms with van der Waals surface area (Å²) in [7, 11) is 0.763. The van der Waals surface area contributed by atoms with Crippen LogP contribution >= 0.6 is 27.5 Å². The molecule has 7 rings (SSSR count). The Morgan fingerprint density at radius 3 is 1.14 bits per heavy atom. The quantitative estimate of drug-likeness (QED) is 0.00554. The van der Waals surface area contributed by atoms with Gasteiger partial charge in [0.25, 0.3) is 5.91 Å². The molecule has 0 aliphatic carbocycles. The van der Waals surface area contributed by atoms with Crippen LogP contribution in [0.1, 0.15) is 160 Å². The first-order valence-electron chi connectivity index (χ1n) is 36.4. The molecule has 2 heterocycles. The molecule has 5 unspecified atom stereocenters. The first-order chi connectivity index (χ1) is 54.5. The number of hydrazine groups is 2. The maximum atomic E-state index is 12.3. The molecule has 8 amide bonds. The number of hydrogen-bond acceptors (Lipinski definition) is 21. The zero-order valence-corrected chi connectivity index (χ0v) is 72.2. The smallest absolute Gasteiger partial charge is 0.422 e. The van der Waals surface area contributed by atoms with Crippen LogP contribution in [0.25, 0.3) is 4.85 Å². The van der Waals surface area contributed by atoms with Crippen molar-refractivity contribution < 1.29 is 63.1 Å². The largest absolute Gasteiger partial charge is 0.496 e. The van der Waals surface area contributed by atoms with Crippen molar-refractivity contribution >= 4 is 126 Å². The number of halogens is 3. The molecule has 35 heteroatoms. The Kier molecular flexibility index (Phi) is 48.7. The van der Waals surface area contributed by atoms with E-state index in [0.29, 0.717) is 46.5 Å². The average molecular weight is 1690 g/mol. The number of carbonyl (C=O) groups excluding carboxylic acids is 9. The highest BCUT2D eigenvalue weighted by molar-refractivity contribution is 9.10. The van der Waals surface area contributed by atoms with Gasteiger partial charge >= 0.3 is 12.2 Å². The summed E-state index contributed by atoms with van der Waals surface area (Å²) in [6.07, 6.45) is -1.24. The maximum Gasteiger partial charge on any atom is 0.422 e. The van der Waals surface area contributed by atoms with E-state index in [9.17, 15) is 47.5 Å². The molecule has 5 aromatic carbocycles. The van der Waals surface area contributed by atoms with Gasteiger partial charge in [-0.2, -0.15) is 20.7 Å². The fraction of sp³-hybridized carbons (Fsp3) is 0.383. The molecule has 630 valence electrons. The number of benzene rings is 5. The monoisotopic (exact) mass is 1690 g/mol. The summed E-state index contributed by atoms with van der Waals surface area (Å²) in [5.41, 5.74) is 33.7. The molecule has 0 fully saturated rings. The SMILES string of the molecule is CC(=O)Cl.CC(C)(C)OC(=O)NN.CCOC(C)=C(C#N)C#N.CNC(C)C(=O)Nc1ccc(C)cc1.Cc1ccc(NC(=O)C(C)Br)cc1.Cc1ccc(NC(=O)C(C)NNC(=O)OC(C)(C)C)cc1.Cc1ccc(NC(=O)C(C)n2nc(C)c(C(N)=O)c2N)cc1.[2H]CF.[C-]#[N+]c1c(C)nn(C(C)C(=O)Nc2ccc(C)cc2)c1N. The van der Waals surface area contributed by atoms with Crippen molar-refractivity contribution in [2.45, 2.75) is 186 Å². The van der Waals surface area contributed by atoms with Crippen LogP contribution < -0.4 is 71.2 Å². The van der Waals surface area contributed by atoms with Crippen LogP contribution in [0.2, 0.25) is 0 Å². The number of ether oxygens (including phenoxy) is 3. The van der Waals surface area contributed by atoms with Crippen molar-refractivity contribution in [3.8, 4) is 12.1 Å². The molecule has 0 aliphatic heterocycles. The summed E-state index contributed by atoms with van der Waals surface area (Å²) in [5, 5.41) is 41.4. The Morgan fingerprint density at radius 1 is 0.578 bits per heavy atom. The summed E-state index contributed by atoms with van der Waals surface area (Å²) in [5.74, 6) is 3.99. The molecule has 5 atom stereocenters. The molecule has 2 aromatic heterocycles. The Morgan fingerprint density at radius 2 is 0.879 bits per heavy atom. The highest BCUT2D eigenvalue weighted by atomic mass is 79.9. The normalized spacial score (nSPS) is 11.3. The molecule has 0 spiro atoms. The summed E-state index contributed by atoms with van der Waals surface area (Å²) in [6, 6.07) is 39.3. The van der Waals surface area contributed by atoms with Crippen molar-refractivity contribution in [3.63, 3.8) is 0 Å². The minimum Gasteiger partial charge on any atom is -0.496 e. The maximum absolute atomic E-state index is 12.3. The lowest BCUT2D eigenvalue weighted by Crippen LogP contribution is -2.49. The van der Waals surface area contributed by atoms with Crippen LogP contribution in [0.15, 0.2) is 133 Å². The number of aromatic nitrogens is 4. The fourth-order valence-electron chi connectivity index (χ4n) is 8.24. The number of aryl methyl sites for hydroxylation is 7.